The van der Waals surface area contributed by atoms with Crippen LogP contribution in [-0.4, -0.2) is 0 Å². The second-order valence-corrected chi connectivity index (χ2v) is 16.8. The lowest BCUT2D eigenvalue weighted by Gasteiger charge is -2.22. The van der Waals surface area contributed by atoms with E-state index in [9.17, 15) is 0 Å². The molecule has 0 heteroatoms. The predicted molar refractivity (Wildman–Crippen MR) is 253 cm³/mol. The van der Waals surface area contributed by atoms with E-state index in [0.717, 1.165) is 0 Å². The van der Waals surface area contributed by atoms with Crippen LogP contribution in [0.3, 0.4) is 0 Å². The van der Waals surface area contributed by atoms with E-state index in [4.69, 9.17) is 0 Å². The summed E-state index contributed by atoms with van der Waals surface area (Å²) in [6, 6.07) is 76.9. The van der Waals surface area contributed by atoms with Gasteiger partial charge in [0.2, 0.25) is 0 Å². The van der Waals surface area contributed by atoms with Crippen LogP contribution in [0.2, 0.25) is 0 Å². The molecule has 0 heterocycles. The third kappa shape index (κ3) is 5.16. The minimum Gasteiger partial charge on any atom is -0.0616 e. The number of fused-ring (bicyclic) bond motifs is 9. The number of rotatable bonds is 4. The Balaban J connectivity index is 0.954. The minimum atomic E-state index is -0.0421. The molecule has 0 spiro atoms. The van der Waals surface area contributed by atoms with Crippen LogP contribution in [0.5, 0.6) is 0 Å². The zero-order valence-corrected chi connectivity index (χ0v) is 33.1. The summed E-state index contributed by atoms with van der Waals surface area (Å²) < 4.78 is 0. The van der Waals surface area contributed by atoms with Gasteiger partial charge in [-0.05, 0) is 145 Å². The Hall–Kier alpha value is -7.28. The third-order valence-electron chi connectivity index (χ3n) is 13.2. The van der Waals surface area contributed by atoms with Gasteiger partial charge in [0.1, 0.15) is 0 Å². The SMILES string of the molecule is CC1(C)c2ccc(-c3ccc(-c4c5ccccc5c(-c5ccc(-c6cc7ccccc7c7ccccc67)cc5)c5ccccc45)cc3)cc2-c2cc3ccccc3cc21. The molecule has 0 saturated carbocycles. The zero-order valence-electron chi connectivity index (χ0n) is 33.1. The summed E-state index contributed by atoms with van der Waals surface area (Å²) in [6.07, 6.45) is 0. The third-order valence-corrected chi connectivity index (χ3v) is 13.2. The fourth-order valence-electron chi connectivity index (χ4n) is 10.3. The Kier molecular flexibility index (Phi) is 7.38. The van der Waals surface area contributed by atoms with Gasteiger partial charge in [-0.3, -0.25) is 0 Å². The van der Waals surface area contributed by atoms with Gasteiger partial charge in [-0.25, -0.2) is 0 Å². The molecule has 0 fully saturated rings. The van der Waals surface area contributed by atoms with Crippen molar-refractivity contribution >= 4 is 53.9 Å². The lowest BCUT2D eigenvalue weighted by Crippen LogP contribution is -2.14. The second-order valence-electron chi connectivity index (χ2n) is 16.8. The van der Waals surface area contributed by atoms with Crippen molar-refractivity contribution in [2.75, 3.05) is 0 Å². The van der Waals surface area contributed by atoms with Crippen LogP contribution in [-0.2, 0) is 5.41 Å². The minimum absolute atomic E-state index is 0.0421. The Bertz CT molecular complexity index is 3430. The molecule has 0 atom stereocenters. The first-order valence-electron chi connectivity index (χ1n) is 20.7. The fourth-order valence-corrected chi connectivity index (χ4v) is 10.3. The van der Waals surface area contributed by atoms with E-state index in [1.165, 1.54) is 121 Å². The Labute approximate surface area is 344 Å². The van der Waals surface area contributed by atoms with Crippen molar-refractivity contribution in [3.8, 4) is 55.6 Å². The van der Waals surface area contributed by atoms with Crippen molar-refractivity contribution in [2.45, 2.75) is 19.3 Å². The Morgan fingerprint density at radius 3 is 1.25 bits per heavy atom. The fraction of sp³-hybridized carbons (Fsp3) is 0.0508. The van der Waals surface area contributed by atoms with Crippen LogP contribution in [0.4, 0.5) is 0 Å². The average molecular weight is 749 g/mol. The first kappa shape index (κ1) is 33.8. The van der Waals surface area contributed by atoms with Crippen molar-refractivity contribution in [3.63, 3.8) is 0 Å². The molecule has 1 aliphatic rings. The quantitative estimate of drug-likeness (QED) is 0.124. The van der Waals surface area contributed by atoms with Gasteiger partial charge < -0.3 is 0 Å². The van der Waals surface area contributed by atoms with Crippen LogP contribution in [0.25, 0.3) is 109 Å². The molecule has 59 heavy (non-hydrogen) atoms. The first-order valence-corrected chi connectivity index (χ1v) is 20.7. The summed E-state index contributed by atoms with van der Waals surface area (Å²) in [5.41, 5.74) is 15.5. The van der Waals surface area contributed by atoms with E-state index in [1.807, 2.05) is 0 Å². The van der Waals surface area contributed by atoms with Crippen molar-refractivity contribution in [1.82, 2.24) is 0 Å². The van der Waals surface area contributed by atoms with E-state index < -0.39 is 0 Å². The van der Waals surface area contributed by atoms with Gasteiger partial charge in [-0.1, -0.05) is 196 Å². The topological polar surface area (TPSA) is 0 Å². The Morgan fingerprint density at radius 1 is 0.254 bits per heavy atom. The van der Waals surface area contributed by atoms with E-state index in [2.05, 4.69) is 220 Å². The molecule has 0 bridgehead atoms. The smallest absolute Gasteiger partial charge is 0.0159 e. The lowest BCUT2D eigenvalue weighted by molar-refractivity contribution is 0.661. The molecule has 0 N–H and O–H groups in total. The number of benzene rings is 11. The van der Waals surface area contributed by atoms with Crippen molar-refractivity contribution in [1.29, 1.82) is 0 Å². The van der Waals surface area contributed by atoms with Gasteiger partial charge >= 0.3 is 0 Å². The van der Waals surface area contributed by atoms with Crippen molar-refractivity contribution in [3.05, 3.63) is 217 Å². The van der Waals surface area contributed by atoms with Gasteiger partial charge in [0.15, 0.2) is 0 Å². The highest BCUT2D eigenvalue weighted by molar-refractivity contribution is 6.21. The van der Waals surface area contributed by atoms with Crippen molar-refractivity contribution in [2.24, 2.45) is 0 Å². The summed E-state index contributed by atoms with van der Waals surface area (Å²) in [4.78, 5) is 0. The van der Waals surface area contributed by atoms with E-state index in [-0.39, 0.29) is 5.41 Å². The van der Waals surface area contributed by atoms with Crippen LogP contribution in [0, 0.1) is 0 Å². The highest BCUT2D eigenvalue weighted by Gasteiger charge is 2.35. The molecule has 12 rings (SSSR count). The van der Waals surface area contributed by atoms with Crippen LogP contribution in [0.1, 0.15) is 25.0 Å². The van der Waals surface area contributed by atoms with Gasteiger partial charge in [-0.15, -0.1) is 0 Å². The highest BCUT2D eigenvalue weighted by atomic mass is 14.4. The normalized spacial score (nSPS) is 13.1. The molecule has 276 valence electrons. The van der Waals surface area contributed by atoms with Gasteiger partial charge in [0, 0.05) is 5.41 Å². The Morgan fingerprint density at radius 2 is 0.661 bits per heavy atom. The lowest BCUT2D eigenvalue weighted by atomic mass is 9.81. The highest BCUT2D eigenvalue weighted by Crippen LogP contribution is 2.51. The summed E-state index contributed by atoms with van der Waals surface area (Å²) >= 11 is 0. The summed E-state index contributed by atoms with van der Waals surface area (Å²) in [5.74, 6) is 0. The average Bonchev–Trinajstić information content (AvgIpc) is 3.51. The van der Waals surface area contributed by atoms with Gasteiger partial charge in [0.05, 0.1) is 0 Å². The predicted octanol–water partition coefficient (Wildman–Crippen LogP) is 16.4. The van der Waals surface area contributed by atoms with E-state index >= 15 is 0 Å². The molecule has 0 unspecified atom stereocenters. The maximum absolute atomic E-state index is 2.42. The largest absolute Gasteiger partial charge is 0.0616 e. The maximum Gasteiger partial charge on any atom is 0.0159 e. The van der Waals surface area contributed by atoms with E-state index in [1.54, 1.807) is 0 Å². The molecule has 0 aliphatic heterocycles. The monoisotopic (exact) mass is 748 g/mol. The summed E-state index contributed by atoms with van der Waals surface area (Å²) in [7, 11) is 0. The van der Waals surface area contributed by atoms with Crippen LogP contribution in [0.15, 0.2) is 206 Å². The molecule has 0 nitrogen and oxygen atoms in total. The van der Waals surface area contributed by atoms with Crippen LogP contribution >= 0.6 is 0 Å². The zero-order chi connectivity index (χ0) is 39.2. The second kappa shape index (κ2) is 12.9. The molecule has 0 amide bonds. The maximum atomic E-state index is 2.42. The number of hydrogen-bond donors (Lipinski definition) is 0. The van der Waals surface area contributed by atoms with Gasteiger partial charge in [0.25, 0.3) is 0 Å². The molecule has 11 aromatic rings. The number of hydrogen-bond acceptors (Lipinski definition) is 0. The molecular weight excluding hydrogens is 709 g/mol. The van der Waals surface area contributed by atoms with Gasteiger partial charge in [-0.2, -0.15) is 0 Å². The molecule has 0 saturated heterocycles. The molecule has 0 aromatic heterocycles. The standard InChI is InChI=1S/C59H40/c1-59(2)55-32-31-43(34-53(55)54-33-41-13-3-4-14-42(41)36-56(54)59)37-23-27-39(28-24-37)57-48-19-9-11-21-50(48)58(51-22-12-10-20-49(51)57)40-29-25-38(26-30-40)52-35-44-15-5-6-16-45(44)46-17-7-8-18-47(46)52/h3-36H,1-2H3. The summed E-state index contributed by atoms with van der Waals surface area (Å²) in [5, 5.41) is 12.8. The molecular formula is C59H40. The molecule has 11 aromatic carbocycles. The van der Waals surface area contributed by atoms with Crippen molar-refractivity contribution < 1.29 is 0 Å². The molecule has 1 aliphatic carbocycles. The molecule has 0 radical (unpaired) electrons. The van der Waals surface area contributed by atoms with E-state index in [0.29, 0.717) is 0 Å². The van der Waals surface area contributed by atoms with Crippen LogP contribution < -0.4 is 0 Å². The summed E-state index contributed by atoms with van der Waals surface area (Å²) in [6.45, 7) is 4.73. The first-order chi connectivity index (χ1) is 29.0.